The number of thioether (sulfide) groups is 2. The third-order valence-electron chi connectivity index (χ3n) is 3.66. The maximum absolute atomic E-state index is 13.8. The molecule has 1 aromatic rings. The van der Waals surface area contributed by atoms with Gasteiger partial charge in [0.25, 0.3) is 0 Å². The number of benzene rings is 1. The Morgan fingerprint density at radius 1 is 1.41 bits per heavy atom. The molecule has 0 aliphatic carbocycles. The van der Waals surface area contributed by atoms with Crippen molar-refractivity contribution < 1.29 is 13.6 Å². The van der Waals surface area contributed by atoms with Crippen LogP contribution in [0.25, 0.3) is 0 Å². The molecule has 0 spiro atoms. The molecule has 2 aliphatic heterocycles. The topological polar surface area (TPSA) is 32.7 Å². The van der Waals surface area contributed by atoms with Gasteiger partial charge in [-0.3, -0.25) is 9.79 Å². The first-order chi connectivity index (χ1) is 10.6. The van der Waals surface area contributed by atoms with Crippen LogP contribution in [0.4, 0.5) is 8.78 Å². The lowest BCUT2D eigenvalue weighted by Gasteiger charge is -2.32. The Balaban J connectivity index is 1.66. The zero-order valence-electron chi connectivity index (χ0n) is 11.9. The average Bonchev–Trinajstić information content (AvgIpc) is 2.99. The largest absolute Gasteiger partial charge is 0.337 e. The molecule has 1 saturated heterocycles. The number of carbonyl (C=O) groups excluding carboxylic acids is 1. The van der Waals surface area contributed by atoms with Crippen LogP contribution in [-0.4, -0.2) is 39.3 Å². The molecule has 1 fully saturated rings. The lowest BCUT2D eigenvalue weighted by Crippen LogP contribution is -2.42. The summed E-state index contributed by atoms with van der Waals surface area (Å²) in [5, 5.41) is -0.137. The summed E-state index contributed by atoms with van der Waals surface area (Å²) in [6.45, 7) is 1.63. The van der Waals surface area contributed by atoms with Crippen molar-refractivity contribution >= 4 is 33.8 Å². The molecular formula is C15H16F2N2OS2. The normalized spacial score (nSPS) is 22.1. The third kappa shape index (κ3) is 3.63. The van der Waals surface area contributed by atoms with Crippen molar-refractivity contribution in [2.45, 2.75) is 24.6 Å². The van der Waals surface area contributed by atoms with Crippen LogP contribution in [0.15, 0.2) is 23.2 Å². The summed E-state index contributed by atoms with van der Waals surface area (Å²) in [5.41, 5.74) is 0.355. The van der Waals surface area contributed by atoms with Crippen molar-refractivity contribution in [2.75, 3.05) is 18.8 Å². The van der Waals surface area contributed by atoms with Gasteiger partial charge in [-0.2, -0.15) is 0 Å². The summed E-state index contributed by atoms with van der Waals surface area (Å²) in [5.74, 6) is -0.197. The molecule has 2 aliphatic rings. The SMILES string of the molecule is O=C1[C@H](SC2=NCCS2)CCCN1Cc1ccc(F)cc1F. The van der Waals surface area contributed by atoms with E-state index in [1.54, 1.807) is 16.7 Å². The maximum Gasteiger partial charge on any atom is 0.236 e. The third-order valence-corrected chi connectivity index (χ3v) is 6.12. The van der Waals surface area contributed by atoms with E-state index >= 15 is 0 Å². The van der Waals surface area contributed by atoms with Crippen LogP contribution in [0.2, 0.25) is 0 Å². The first-order valence-electron chi connectivity index (χ1n) is 7.20. The van der Waals surface area contributed by atoms with Crippen LogP contribution in [0.1, 0.15) is 18.4 Å². The molecule has 0 bridgehead atoms. The van der Waals surface area contributed by atoms with Crippen molar-refractivity contribution in [3.05, 3.63) is 35.4 Å². The van der Waals surface area contributed by atoms with E-state index in [4.69, 9.17) is 0 Å². The van der Waals surface area contributed by atoms with Crippen LogP contribution in [-0.2, 0) is 11.3 Å². The van der Waals surface area contributed by atoms with Gasteiger partial charge in [-0.25, -0.2) is 8.78 Å². The number of nitrogens with zero attached hydrogens (tertiary/aromatic N) is 2. The monoisotopic (exact) mass is 342 g/mol. The summed E-state index contributed by atoms with van der Waals surface area (Å²) in [7, 11) is 0. The van der Waals surface area contributed by atoms with Crippen LogP contribution >= 0.6 is 23.5 Å². The van der Waals surface area contributed by atoms with E-state index in [1.165, 1.54) is 23.9 Å². The van der Waals surface area contributed by atoms with E-state index in [1.807, 2.05) is 0 Å². The second kappa shape index (κ2) is 7.00. The van der Waals surface area contributed by atoms with Crippen LogP contribution < -0.4 is 0 Å². The molecule has 0 unspecified atom stereocenters. The highest BCUT2D eigenvalue weighted by Crippen LogP contribution is 2.31. The number of carbonyl (C=O) groups is 1. The lowest BCUT2D eigenvalue weighted by molar-refractivity contribution is -0.133. The summed E-state index contributed by atoms with van der Waals surface area (Å²) in [4.78, 5) is 18.6. The Hall–Kier alpha value is -1.08. The summed E-state index contributed by atoms with van der Waals surface area (Å²) >= 11 is 3.21. The minimum absolute atomic E-state index is 0.0233. The Morgan fingerprint density at radius 3 is 3.00 bits per heavy atom. The lowest BCUT2D eigenvalue weighted by atomic mass is 10.1. The fourth-order valence-electron chi connectivity index (χ4n) is 2.54. The first-order valence-corrected chi connectivity index (χ1v) is 9.06. The number of amides is 1. The molecule has 118 valence electrons. The quantitative estimate of drug-likeness (QED) is 0.845. The zero-order valence-corrected chi connectivity index (χ0v) is 13.6. The number of aliphatic imine (C=N–C) groups is 1. The molecule has 1 atom stereocenters. The second-order valence-electron chi connectivity index (χ2n) is 5.24. The number of likely N-dealkylation sites (tertiary alicyclic amines) is 1. The van der Waals surface area contributed by atoms with E-state index in [2.05, 4.69) is 4.99 Å². The number of hydrogen-bond acceptors (Lipinski definition) is 4. The second-order valence-corrected chi connectivity index (χ2v) is 7.77. The van der Waals surface area contributed by atoms with E-state index in [0.29, 0.717) is 12.1 Å². The predicted octanol–water partition coefficient (Wildman–Crippen LogP) is 3.29. The van der Waals surface area contributed by atoms with Gasteiger partial charge in [-0.05, 0) is 18.9 Å². The molecule has 0 saturated carbocycles. The molecule has 1 amide bonds. The maximum atomic E-state index is 13.8. The van der Waals surface area contributed by atoms with E-state index < -0.39 is 11.6 Å². The van der Waals surface area contributed by atoms with Crippen molar-refractivity contribution in [3.8, 4) is 0 Å². The van der Waals surface area contributed by atoms with Gasteiger partial charge < -0.3 is 4.90 Å². The van der Waals surface area contributed by atoms with Crippen LogP contribution in [0.5, 0.6) is 0 Å². The first kappa shape index (κ1) is 15.8. The molecule has 3 rings (SSSR count). The molecule has 22 heavy (non-hydrogen) atoms. The zero-order chi connectivity index (χ0) is 15.5. The van der Waals surface area contributed by atoms with Crippen molar-refractivity contribution in [1.82, 2.24) is 4.90 Å². The Kier molecular flexibility index (Phi) is 5.03. The van der Waals surface area contributed by atoms with Crippen LogP contribution in [0, 0.1) is 11.6 Å². The number of hydrogen-bond donors (Lipinski definition) is 0. The van der Waals surface area contributed by atoms with Gasteiger partial charge in [0.05, 0.1) is 11.8 Å². The average molecular weight is 342 g/mol. The molecule has 3 nitrogen and oxygen atoms in total. The number of halogens is 2. The standard InChI is InChI=1S/C15H16F2N2OS2/c16-11-4-3-10(12(17)8-11)9-19-6-1-2-13(14(19)20)22-15-18-5-7-21-15/h3-4,8,13H,1-2,5-7,9H2/t13-/m1/s1. The highest BCUT2D eigenvalue weighted by molar-refractivity contribution is 8.39. The Morgan fingerprint density at radius 2 is 2.27 bits per heavy atom. The van der Waals surface area contributed by atoms with Gasteiger partial charge in [-0.15, -0.1) is 0 Å². The molecular weight excluding hydrogens is 326 g/mol. The van der Waals surface area contributed by atoms with Crippen LogP contribution in [0.3, 0.4) is 0 Å². The smallest absolute Gasteiger partial charge is 0.236 e. The Bertz CT molecular complexity index is 609. The fourth-order valence-corrected chi connectivity index (χ4v) is 4.89. The highest BCUT2D eigenvalue weighted by atomic mass is 32.2. The van der Waals surface area contributed by atoms with Gasteiger partial charge in [0.15, 0.2) is 0 Å². The van der Waals surface area contributed by atoms with Gasteiger partial charge in [-0.1, -0.05) is 29.6 Å². The van der Waals surface area contributed by atoms with Gasteiger partial charge in [0.1, 0.15) is 16.0 Å². The number of rotatable bonds is 3. The Labute approximate surface area is 136 Å². The van der Waals surface area contributed by atoms with E-state index in [-0.39, 0.29) is 17.7 Å². The minimum Gasteiger partial charge on any atom is -0.337 e. The van der Waals surface area contributed by atoms with Gasteiger partial charge in [0, 0.05) is 30.5 Å². The molecule has 2 heterocycles. The van der Waals surface area contributed by atoms with Crippen molar-refractivity contribution in [3.63, 3.8) is 0 Å². The molecule has 1 aromatic carbocycles. The van der Waals surface area contributed by atoms with E-state index in [9.17, 15) is 13.6 Å². The summed E-state index contributed by atoms with van der Waals surface area (Å²) in [6.07, 6.45) is 1.72. The summed E-state index contributed by atoms with van der Waals surface area (Å²) < 4.78 is 27.7. The molecule has 0 radical (unpaired) electrons. The highest BCUT2D eigenvalue weighted by Gasteiger charge is 2.31. The van der Waals surface area contributed by atoms with Crippen molar-refractivity contribution in [2.24, 2.45) is 4.99 Å². The van der Waals surface area contributed by atoms with E-state index in [0.717, 1.165) is 35.6 Å². The minimum atomic E-state index is -0.601. The fraction of sp³-hybridized carbons (Fsp3) is 0.467. The van der Waals surface area contributed by atoms with Gasteiger partial charge >= 0.3 is 0 Å². The molecule has 0 aromatic heterocycles. The van der Waals surface area contributed by atoms with Crippen molar-refractivity contribution in [1.29, 1.82) is 0 Å². The predicted molar refractivity (Wildman–Crippen MR) is 87.1 cm³/mol. The molecule has 7 heteroatoms. The summed E-state index contributed by atoms with van der Waals surface area (Å²) in [6, 6.07) is 3.49. The van der Waals surface area contributed by atoms with Gasteiger partial charge in [0.2, 0.25) is 5.91 Å². The number of piperidine rings is 1. The molecule has 0 N–H and O–H groups in total.